The lowest BCUT2D eigenvalue weighted by molar-refractivity contribution is -0.155. The van der Waals surface area contributed by atoms with E-state index in [-0.39, 0.29) is 11.6 Å². The summed E-state index contributed by atoms with van der Waals surface area (Å²) in [6.45, 7) is 10.7. The SMILES string of the molecule is Cc1ccc(C2CN(CCC(=O)OC(C)(C)C)CCS2)cc1. The maximum absolute atomic E-state index is 11.8. The van der Waals surface area contributed by atoms with Crippen LogP contribution in [0.25, 0.3) is 0 Å². The molecule has 1 fully saturated rings. The van der Waals surface area contributed by atoms with Crippen molar-refractivity contribution < 1.29 is 9.53 Å². The number of hydrogen-bond donors (Lipinski definition) is 0. The maximum Gasteiger partial charge on any atom is 0.307 e. The third-order valence-electron chi connectivity index (χ3n) is 3.65. The highest BCUT2D eigenvalue weighted by atomic mass is 32.2. The van der Waals surface area contributed by atoms with Crippen LogP contribution in [-0.2, 0) is 9.53 Å². The monoisotopic (exact) mass is 321 g/mol. The van der Waals surface area contributed by atoms with Crippen molar-refractivity contribution >= 4 is 17.7 Å². The first-order chi connectivity index (χ1) is 10.3. The van der Waals surface area contributed by atoms with Crippen LogP contribution in [0.4, 0.5) is 0 Å². The molecule has 1 saturated heterocycles. The van der Waals surface area contributed by atoms with E-state index in [4.69, 9.17) is 4.74 Å². The molecule has 1 aromatic carbocycles. The number of esters is 1. The summed E-state index contributed by atoms with van der Waals surface area (Å²) in [6.07, 6.45) is 0.475. The topological polar surface area (TPSA) is 29.5 Å². The molecule has 4 heteroatoms. The molecule has 0 radical (unpaired) electrons. The van der Waals surface area contributed by atoms with E-state index in [1.165, 1.54) is 11.1 Å². The molecule has 1 aromatic rings. The predicted molar refractivity (Wildman–Crippen MR) is 93.3 cm³/mol. The lowest BCUT2D eigenvalue weighted by Crippen LogP contribution is -2.36. The summed E-state index contributed by atoms with van der Waals surface area (Å²) in [6, 6.07) is 8.81. The molecule has 3 nitrogen and oxygen atoms in total. The van der Waals surface area contributed by atoms with Gasteiger partial charge in [-0.25, -0.2) is 0 Å². The molecule has 0 saturated carbocycles. The minimum absolute atomic E-state index is 0.0994. The minimum atomic E-state index is -0.390. The molecule has 1 unspecified atom stereocenters. The highest BCUT2D eigenvalue weighted by Crippen LogP contribution is 2.33. The molecule has 0 aromatic heterocycles. The normalized spacial score (nSPS) is 19.9. The Morgan fingerprint density at radius 1 is 1.32 bits per heavy atom. The first-order valence-electron chi connectivity index (χ1n) is 7.96. The second-order valence-corrected chi connectivity index (χ2v) is 8.22. The Morgan fingerprint density at radius 3 is 2.64 bits per heavy atom. The van der Waals surface area contributed by atoms with Gasteiger partial charge >= 0.3 is 5.97 Å². The number of rotatable bonds is 4. The van der Waals surface area contributed by atoms with Gasteiger partial charge in [-0.05, 0) is 33.3 Å². The lowest BCUT2D eigenvalue weighted by atomic mass is 10.1. The number of nitrogens with zero attached hydrogens (tertiary/aromatic N) is 1. The van der Waals surface area contributed by atoms with Gasteiger partial charge in [-0.1, -0.05) is 29.8 Å². The first kappa shape index (κ1) is 17.4. The Kier molecular flexibility index (Phi) is 5.93. The van der Waals surface area contributed by atoms with Gasteiger partial charge in [-0.3, -0.25) is 4.79 Å². The molecule has 1 heterocycles. The fourth-order valence-electron chi connectivity index (χ4n) is 2.53. The van der Waals surface area contributed by atoms with Gasteiger partial charge in [0.25, 0.3) is 0 Å². The number of benzene rings is 1. The van der Waals surface area contributed by atoms with Gasteiger partial charge in [-0.2, -0.15) is 11.8 Å². The zero-order valence-electron chi connectivity index (χ0n) is 14.1. The molecule has 1 atom stereocenters. The molecule has 0 amide bonds. The van der Waals surface area contributed by atoms with Gasteiger partial charge in [0.05, 0.1) is 6.42 Å². The zero-order chi connectivity index (χ0) is 16.2. The van der Waals surface area contributed by atoms with Gasteiger partial charge in [0.15, 0.2) is 0 Å². The van der Waals surface area contributed by atoms with Gasteiger partial charge in [0.2, 0.25) is 0 Å². The van der Waals surface area contributed by atoms with Crippen LogP contribution in [-0.4, -0.2) is 41.9 Å². The molecule has 1 aliphatic rings. The lowest BCUT2D eigenvalue weighted by Gasteiger charge is -2.32. The van der Waals surface area contributed by atoms with Crippen molar-refractivity contribution in [1.29, 1.82) is 0 Å². The average molecular weight is 321 g/mol. The minimum Gasteiger partial charge on any atom is -0.460 e. The van der Waals surface area contributed by atoms with E-state index in [0.29, 0.717) is 11.7 Å². The molecule has 0 aliphatic carbocycles. The van der Waals surface area contributed by atoms with E-state index in [1.807, 2.05) is 32.5 Å². The second kappa shape index (κ2) is 7.51. The highest BCUT2D eigenvalue weighted by molar-refractivity contribution is 7.99. The zero-order valence-corrected chi connectivity index (χ0v) is 14.9. The van der Waals surface area contributed by atoms with Gasteiger partial charge < -0.3 is 9.64 Å². The van der Waals surface area contributed by atoms with Crippen molar-refractivity contribution in [3.63, 3.8) is 0 Å². The fourth-order valence-corrected chi connectivity index (χ4v) is 3.84. The van der Waals surface area contributed by atoms with E-state index in [9.17, 15) is 4.79 Å². The number of aryl methyl sites for hydroxylation is 1. The van der Waals surface area contributed by atoms with E-state index in [2.05, 4.69) is 36.1 Å². The third-order valence-corrected chi connectivity index (χ3v) is 4.89. The Bertz CT molecular complexity index is 493. The predicted octanol–water partition coefficient (Wildman–Crippen LogP) is 3.82. The Hall–Kier alpha value is -1.00. The van der Waals surface area contributed by atoms with E-state index in [1.54, 1.807) is 0 Å². The summed E-state index contributed by atoms with van der Waals surface area (Å²) in [7, 11) is 0. The Labute approximate surface area is 138 Å². The van der Waals surface area contributed by atoms with Crippen molar-refractivity contribution in [2.45, 2.75) is 45.0 Å². The van der Waals surface area contributed by atoms with Crippen molar-refractivity contribution in [2.75, 3.05) is 25.4 Å². The number of hydrogen-bond acceptors (Lipinski definition) is 4. The molecule has 0 bridgehead atoms. The van der Waals surface area contributed by atoms with Crippen LogP contribution in [0, 0.1) is 6.92 Å². The molecule has 1 aliphatic heterocycles. The molecule has 0 N–H and O–H groups in total. The van der Waals surface area contributed by atoms with Gasteiger partial charge in [0, 0.05) is 30.6 Å². The van der Waals surface area contributed by atoms with Crippen LogP contribution >= 0.6 is 11.8 Å². The van der Waals surface area contributed by atoms with Crippen LogP contribution in [0.3, 0.4) is 0 Å². The molecular formula is C18H27NO2S. The molecule has 122 valence electrons. The van der Waals surface area contributed by atoms with Crippen molar-refractivity contribution in [3.05, 3.63) is 35.4 Å². The van der Waals surface area contributed by atoms with Crippen molar-refractivity contribution in [3.8, 4) is 0 Å². The quantitative estimate of drug-likeness (QED) is 0.789. The summed E-state index contributed by atoms with van der Waals surface area (Å²) < 4.78 is 5.38. The number of ether oxygens (including phenoxy) is 1. The van der Waals surface area contributed by atoms with Gasteiger partial charge in [-0.15, -0.1) is 0 Å². The molecular weight excluding hydrogens is 294 g/mol. The standard InChI is InChI=1S/C18H27NO2S/c1-14-5-7-15(8-6-14)16-13-19(11-12-22-16)10-9-17(20)21-18(2,3)4/h5-8,16H,9-13H2,1-4H3. The summed E-state index contributed by atoms with van der Waals surface area (Å²) in [5.41, 5.74) is 2.29. The van der Waals surface area contributed by atoms with Crippen molar-refractivity contribution in [2.24, 2.45) is 0 Å². The van der Waals surface area contributed by atoms with Crippen molar-refractivity contribution in [1.82, 2.24) is 4.90 Å². The Balaban J connectivity index is 1.83. The highest BCUT2D eigenvalue weighted by Gasteiger charge is 2.23. The van der Waals surface area contributed by atoms with Crippen LogP contribution in [0.5, 0.6) is 0 Å². The molecule has 2 rings (SSSR count). The summed E-state index contributed by atoms with van der Waals surface area (Å²) in [5.74, 6) is 1.02. The summed E-state index contributed by atoms with van der Waals surface area (Å²) in [5, 5.41) is 0.507. The number of thioether (sulfide) groups is 1. The summed E-state index contributed by atoms with van der Waals surface area (Å²) >= 11 is 2.01. The third kappa shape index (κ3) is 5.65. The van der Waals surface area contributed by atoms with E-state index < -0.39 is 0 Å². The van der Waals surface area contributed by atoms with Gasteiger partial charge in [0.1, 0.15) is 5.60 Å². The first-order valence-corrected chi connectivity index (χ1v) is 9.01. The second-order valence-electron chi connectivity index (χ2n) is 6.91. The van der Waals surface area contributed by atoms with Crippen LogP contribution in [0.15, 0.2) is 24.3 Å². The molecule has 0 spiro atoms. The van der Waals surface area contributed by atoms with Crippen LogP contribution in [0.1, 0.15) is 43.6 Å². The average Bonchev–Trinajstić information content (AvgIpc) is 2.44. The van der Waals surface area contributed by atoms with Crippen LogP contribution in [0.2, 0.25) is 0 Å². The maximum atomic E-state index is 11.8. The summed E-state index contributed by atoms with van der Waals surface area (Å²) in [4.78, 5) is 14.2. The smallest absolute Gasteiger partial charge is 0.307 e. The largest absolute Gasteiger partial charge is 0.460 e. The van der Waals surface area contributed by atoms with E-state index >= 15 is 0 Å². The molecule has 22 heavy (non-hydrogen) atoms. The van der Waals surface area contributed by atoms with Crippen LogP contribution < -0.4 is 0 Å². The fraction of sp³-hybridized carbons (Fsp3) is 0.611. The Morgan fingerprint density at radius 2 is 2.00 bits per heavy atom. The van der Waals surface area contributed by atoms with E-state index in [0.717, 1.165) is 25.4 Å². The number of carbonyl (C=O) groups is 1. The number of carbonyl (C=O) groups excluding carboxylic acids is 1.